The van der Waals surface area contributed by atoms with Crippen LogP contribution in [-0.4, -0.2) is 32.5 Å². The second-order valence-electron chi connectivity index (χ2n) is 5.93. The average molecular weight is 311 g/mol. The van der Waals surface area contributed by atoms with Crippen LogP contribution in [0.15, 0.2) is 42.7 Å². The van der Waals surface area contributed by atoms with E-state index in [2.05, 4.69) is 16.0 Å². The van der Waals surface area contributed by atoms with Gasteiger partial charge in [-0.05, 0) is 49.2 Å². The molecule has 0 saturated carbocycles. The highest BCUT2D eigenvalue weighted by Crippen LogP contribution is 2.32. The van der Waals surface area contributed by atoms with Crippen molar-refractivity contribution < 1.29 is 9.90 Å². The summed E-state index contributed by atoms with van der Waals surface area (Å²) in [6.45, 7) is 1.96. The van der Waals surface area contributed by atoms with E-state index in [-0.39, 0.29) is 6.42 Å². The number of pyridine rings is 2. The van der Waals surface area contributed by atoms with Crippen molar-refractivity contribution in [1.29, 1.82) is 0 Å². The Morgan fingerprint density at radius 1 is 1.26 bits per heavy atom. The first-order chi connectivity index (χ1) is 11.2. The highest BCUT2D eigenvalue weighted by Gasteiger charge is 2.27. The van der Waals surface area contributed by atoms with Crippen LogP contribution in [-0.2, 0) is 17.8 Å². The quantitative estimate of drug-likeness (QED) is 0.888. The lowest BCUT2D eigenvalue weighted by atomic mass is 10.1. The zero-order valence-electron chi connectivity index (χ0n) is 13.1. The third-order valence-electron chi connectivity index (χ3n) is 4.26. The maximum Gasteiger partial charge on any atom is 0.303 e. The summed E-state index contributed by atoms with van der Waals surface area (Å²) in [5, 5.41) is 8.82. The number of hydrogen-bond acceptors (Lipinski definition) is 4. The lowest BCUT2D eigenvalue weighted by Gasteiger charge is -2.24. The van der Waals surface area contributed by atoms with Crippen molar-refractivity contribution in [2.45, 2.75) is 38.3 Å². The molecule has 1 aliphatic rings. The zero-order valence-corrected chi connectivity index (χ0v) is 13.1. The Kier molecular flexibility index (Phi) is 4.98. The number of likely N-dealkylation sites (tertiary alicyclic amines) is 1. The van der Waals surface area contributed by atoms with Gasteiger partial charge in [0, 0.05) is 31.1 Å². The van der Waals surface area contributed by atoms with Crippen LogP contribution < -0.4 is 0 Å². The van der Waals surface area contributed by atoms with E-state index in [1.54, 1.807) is 0 Å². The molecule has 0 bridgehead atoms. The van der Waals surface area contributed by atoms with E-state index in [1.807, 2.05) is 36.7 Å². The fraction of sp³-hybridized carbons (Fsp3) is 0.389. The summed E-state index contributed by atoms with van der Waals surface area (Å²) in [4.78, 5) is 21.9. The van der Waals surface area contributed by atoms with Crippen molar-refractivity contribution in [2.24, 2.45) is 0 Å². The predicted molar refractivity (Wildman–Crippen MR) is 86.8 cm³/mol. The molecular formula is C18H21N3O2. The van der Waals surface area contributed by atoms with Crippen LogP contribution >= 0.6 is 0 Å². The molecular weight excluding hydrogens is 290 g/mol. The van der Waals surface area contributed by atoms with E-state index in [1.165, 1.54) is 5.56 Å². The first-order valence-electron chi connectivity index (χ1n) is 8.03. The van der Waals surface area contributed by atoms with Crippen LogP contribution in [0.3, 0.4) is 0 Å². The number of carbonyl (C=O) groups is 1. The van der Waals surface area contributed by atoms with Gasteiger partial charge in [-0.15, -0.1) is 0 Å². The SMILES string of the molecule is O=C(O)CCc1cccc(C2CCCN2Cc2ccncc2)n1. The van der Waals surface area contributed by atoms with Gasteiger partial charge in [0.15, 0.2) is 0 Å². The minimum absolute atomic E-state index is 0.127. The van der Waals surface area contributed by atoms with E-state index in [0.29, 0.717) is 12.5 Å². The average Bonchev–Trinajstić information content (AvgIpc) is 3.02. The Morgan fingerprint density at radius 3 is 2.87 bits per heavy atom. The molecule has 3 heterocycles. The lowest BCUT2D eigenvalue weighted by molar-refractivity contribution is -0.136. The Balaban J connectivity index is 1.72. The molecule has 2 aromatic rings. The van der Waals surface area contributed by atoms with Gasteiger partial charge in [-0.2, -0.15) is 0 Å². The van der Waals surface area contributed by atoms with Crippen LogP contribution in [0.4, 0.5) is 0 Å². The van der Waals surface area contributed by atoms with Gasteiger partial charge in [0.25, 0.3) is 0 Å². The molecule has 23 heavy (non-hydrogen) atoms. The molecule has 5 heteroatoms. The fourth-order valence-corrected chi connectivity index (χ4v) is 3.13. The summed E-state index contributed by atoms with van der Waals surface area (Å²) in [6.07, 6.45) is 6.52. The Bertz CT molecular complexity index is 660. The molecule has 1 fully saturated rings. The van der Waals surface area contributed by atoms with Crippen LogP contribution in [0, 0.1) is 0 Å². The monoisotopic (exact) mass is 311 g/mol. The van der Waals surface area contributed by atoms with Gasteiger partial charge < -0.3 is 5.11 Å². The topological polar surface area (TPSA) is 66.3 Å². The second-order valence-corrected chi connectivity index (χ2v) is 5.93. The van der Waals surface area contributed by atoms with E-state index >= 15 is 0 Å². The van der Waals surface area contributed by atoms with Crippen LogP contribution in [0.2, 0.25) is 0 Å². The van der Waals surface area contributed by atoms with Crippen molar-refractivity contribution in [2.75, 3.05) is 6.54 Å². The Labute approximate surface area is 136 Å². The third-order valence-corrected chi connectivity index (χ3v) is 4.26. The molecule has 1 saturated heterocycles. The molecule has 0 spiro atoms. The van der Waals surface area contributed by atoms with E-state index in [0.717, 1.165) is 37.3 Å². The molecule has 2 aromatic heterocycles. The van der Waals surface area contributed by atoms with Crippen molar-refractivity contribution in [3.05, 3.63) is 59.7 Å². The molecule has 0 aromatic carbocycles. The van der Waals surface area contributed by atoms with Gasteiger partial charge in [0.1, 0.15) is 0 Å². The maximum absolute atomic E-state index is 10.7. The van der Waals surface area contributed by atoms with Gasteiger partial charge in [-0.1, -0.05) is 6.07 Å². The highest BCUT2D eigenvalue weighted by atomic mass is 16.4. The molecule has 120 valence electrons. The lowest BCUT2D eigenvalue weighted by Crippen LogP contribution is -2.23. The van der Waals surface area contributed by atoms with Crippen molar-refractivity contribution in [1.82, 2.24) is 14.9 Å². The van der Waals surface area contributed by atoms with E-state index < -0.39 is 5.97 Å². The number of hydrogen-bond donors (Lipinski definition) is 1. The van der Waals surface area contributed by atoms with Crippen molar-refractivity contribution in [3.63, 3.8) is 0 Å². The molecule has 0 aliphatic carbocycles. The van der Waals surface area contributed by atoms with Gasteiger partial charge in [-0.3, -0.25) is 19.7 Å². The summed E-state index contributed by atoms with van der Waals surface area (Å²) < 4.78 is 0. The molecule has 1 N–H and O–H groups in total. The van der Waals surface area contributed by atoms with Gasteiger partial charge in [-0.25, -0.2) is 0 Å². The first-order valence-corrected chi connectivity index (χ1v) is 8.03. The minimum Gasteiger partial charge on any atom is -0.481 e. The van der Waals surface area contributed by atoms with Crippen molar-refractivity contribution in [3.8, 4) is 0 Å². The maximum atomic E-state index is 10.7. The normalized spacial score (nSPS) is 18.2. The van der Waals surface area contributed by atoms with Gasteiger partial charge >= 0.3 is 5.97 Å². The predicted octanol–water partition coefficient (Wildman–Crippen LogP) is 2.83. The third kappa shape index (κ3) is 4.13. The summed E-state index contributed by atoms with van der Waals surface area (Å²) in [6, 6.07) is 10.4. The number of carboxylic acid groups (broad SMARTS) is 1. The number of nitrogens with zero attached hydrogens (tertiary/aromatic N) is 3. The molecule has 5 nitrogen and oxygen atoms in total. The summed E-state index contributed by atoms with van der Waals surface area (Å²) in [7, 11) is 0. The van der Waals surface area contributed by atoms with Crippen LogP contribution in [0.5, 0.6) is 0 Å². The molecule has 1 atom stereocenters. The van der Waals surface area contributed by atoms with Gasteiger partial charge in [0.05, 0.1) is 18.2 Å². The summed E-state index contributed by atoms with van der Waals surface area (Å²) >= 11 is 0. The standard InChI is InChI=1S/C18H21N3O2/c22-18(23)7-6-15-3-1-4-16(20-15)17-5-2-12-21(17)13-14-8-10-19-11-9-14/h1,3-4,8-11,17H,2,5-7,12-13H2,(H,22,23). The number of carboxylic acids is 1. The van der Waals surface area contributed by atoms with Crippen LogP contribution in [0.1, 0.15) is 42.3 Å². The number of aryl methyl sites for hydroxylation is 1. The smallest absolute Gasteiger partial charge is 0.303 e. The zero-order chi connectivity index (χ0) is 16.1. The van der Waals surface area contributed by atoms with E-state index in [9.17, 15) is 4.79 Å². The Morgan fingerprint density at radius 2 is 2.09 bits per heavy atom. The second kappa shape index (κ2) is 7.33. The Hall–Kier alpha value is -2.27. The molecule has 1 unspecified atom stereocenters. The van der Waals surface area contributed by atoms with Gasteiger partial charge in [0.2, 0.25) is 0 Å². The number of rotatable bonds is 6. The fourth-order valence-electron chi connectivity index (χ4n) is 3.13. The van der Waals surface area contributed by atoms with E-state index in [4.69, 9.17) is 10.1 Å². The van der Waals surface area contributed by atoms with Crippen molar-refractivity contribution >= 4 is 5.97 Å². The summed E-state index contributed by atoms with van der Waals surface area (Å²) in [5.41, 5.74) is 3.18. The number of aliphatic carboxylic acids is 1. The molecule has 3 rings (SSSR count). The number of aromatic nitrogens is 2. The summed E-state index contributed by atoms with van der Waals surface area (Å²) in [5.74, 6) is -0.780. The molecule has 0 amide bonds. The molecule has 0 radical (unpaired) electrons. The highest BCUT2D eigenvalue weighted by molar-refractivity contribution is 5.66. The first kappa shape index (κ1) is 15.6. The molecule has 1 aliphatic heterocycles. The largest absolute Gasteiger partial charge is 0.481 e. The van der Waals surface area contributed by atoms with Crippen LogP contribution in [0.25, 0.3) is 0 Å². The minimum atomic E-state index is -0.780.